The van der Waals surface area contributed by atoms with Crippen molar-refractivity contribution < 1.29 is 4.79 Å². The van der Waals surface area contributed by atoms with Gasteiger partial charge in [0.05, 0.1) is 10.2 Å². The minimum atomic E-state index is 0.103. The van der Waals surface area contributed by atoms with Crippen molar-refractivity contribution in [1.29, 1.82) is 0 Å². The second kappa shape index (κ2) is 3.70. The maximum absolute atomic E-state index is 12.2. The Kier molecular flexibility index (Phi) is 2.29. The van der Waals surface area contributed by atoms with Crippen LogP contribution in [-0.2, 0) is 6.42 Å². The van der Waals surface area contributed by atoms with Crippen LogP contribution in [-0.4, -0.2) is 29.4 Å². The van der Waals surface area contributed by atoms with Gasteiger partial charge in [0.2, 0.25) is 0 Å². The minimum absolute atomic E-state index is 0.103. The molecule has 17 heavy (non-hydrogen) atoms. The van der Waals surface area contributed by atoms with Gasteiger partial charge in [-0.25, -0.2) is 4.98 Å². The van der Waals surface area contributed by atoms with Crippen molar-refractivity contribution in [3.63, 3.8) is 0 Å². The molecule has 88 valence electrons. The zero-order chi connectivity index (χ0) is 12.0. The van der Waals surface area contributed by atoms with Crippen LogP contribution in [0.3, 0.4) is 0 Å². The number of rotatable bonds is 0. The van der Waals surface area contributed by atoms with Crippen molar-refractivity contribution in [2.45, 2.75) is 12.8 Å². The molecule has 0 radical (unpaired) electrons. The SMILES string of the molecule is CN1CCCc2cc3nc(N)sc3cc2C1=O. The zero-order valence-electron chi connectivity index (χ0n) is 9.56. The highest BCUT2D eigenvalue weighted by atomic mass is 32.1. The molecule has 2 N–H and O–H groups in total. The lowest BCUT2D eigenvalue weighted by atomic mass is 10.0. The second-order valence-electron chi connectivity index (χ2n) is 4.36. The van der Waals surface area contributed by atoms with Crippen molar-refractivity contribution >= 4 is 32.6 Å². The number of anilines is 1. The third-order valence-electron chi connectivity index (χ3n) is 3.15. The summed E-state index contributed by atoms with van der Waals surface area (Å²) >= 11 is 1.43. The summed E-state index contributed by atoms with van der Waals surface area (Å²) in [5.41, 5.74) is 8.50. The van der Waals surface area contributed by atoms with Crippen LogP contribution in [0.25, 0.3) is 10.2 Å². The molecule has 0 atom stereocenters. The molecule has 5 heteroatoms. The molecule has 0 saturated heterocycles. The number of fused-ring (bicyclic) bond motifs is 2. The van der Waals surface area contributed by atoms with Gasteiger partial charge in [0.1, 0.15) is 0 Å². The van der Waals surface area contributed by atoms with E-state index in [0.717, 1.165) is 40.7 Å². The lowest BCUT2D eigenvalue weighted by Gasteiger charge is -2.13. The molecule has 0 spiro atoms. The molecule has 4 nitrogen and oxygen atoms in total. The maximum Gasteiger partial charge on any atom is 0.253 e. The minimum Gasteiger partial charge on any atom is -0.375 e. The van der Waals surface area contributed by atoms with Crippen LogP contribution < -0.4 is 5.73 Å². The number of aryl methyl sites for hydroxylation is 1. The maximum atomic E-state index is 12.2. The van der Waals surface area contributed by atoms with Gasteiger partial charge < -0.3 is 10.6 Å². The Labute approximate surface area is 103 Å². The van der Waals surface area contributed by atoms with E-state index in [1.807, 2.05) is 19.2 Å². The summed E-state index contributed by atoms with van der Waals surface area (Å²) < 4.78 is 0.991. The van der Waals surface area contributed by atoms with E-state index >= 15 is 0 Å². The molecule has 3 rings (SSSR count). The van der Waals surface area contributed by atoms with Crippen molar-refractivity contribution in [2.75, 3.05) is 19.3 Å². The Morgan fingerprint density at radius 1 is 1.47 bits per heavy atom. The zero-order valence-corrected chi connectivity index (χ0v) is 10.4. The predicted molar refractivity (Wildman–Crippen MR) is 69.3 cm³/mol. The summed E-state index contributed by atoms with van der Waals surface area (Å²) in [6.45, 7) is 0.816. The third-order valence-corrected chi connectivity index (χ3v) is 3.99. The Bertz CT molecular complexity index is 605. The highest BCUT2D eigenvalue weighted by Gasteiger charge is 2.20. The van der Waals surface area contributed by atoms with Crippen molar-refractivity contribution in [3.8, 4) is 0 Å². The molecule has 0 saturated carbocycles. The number of carbonyl (C=O) groups excluding carboxylic acids is 1. The van der Waals surface area contributed by atoms with Crippen LogP contribution in [0.15, 0.2) is 12.1 Å². The first-order chi connectivity index (χ1) is 8.15. The smallest absolute Gasteiger partial charge is 0.253 e. The summed E-state index contributed by atoms with van der Waals surface area (Å²) in [6.07, 6.45) is 1.93. The van der Waals surface area contributed by atoms with Gasteiger partial charge >= 0.3 is 0 Å². The van der Waals surface area contributed by atoms with Crippen LogP contribution in [0.1, 0.15) is 22.3 Å². The number of carbonyl (C=O) groups is 1. The average molecular weight is 247 g/mol. The number of nitrogens with two attached hydrogens (primary N) is 1. The number of benzene rings is 1. The van der Waals surface area contributed by atoms with E-state index < -0.39 is 0 Å². The van der Waals surface area contributed by atoms with Gasteiger partial charge in [-0.3, -0.25) is 4.79 Å². The van der Waals surface area contributed by atoms with Crippen LogP contribution in [0.5, 0.6) is 0 Å². The van der Waals surface area contributed by atoms with Gasteiger partial charge in [-0.1, -0.05) is 11.3 Å². The molecule has 0 fully saturated rings. The Balaban J connectivity index is 2.23. The third kappa shape index (κ3) is 1.67. The highest BCUT2D eigenvalue weighted by molar-refractivity contribution is 7.22. The lowest BCUT2D eigenvalue weighted by molar-refractivity contribution is 0.0800. The molecule has 1 aliphatic heterocycles. The van der Waals surface area contributed by atoms with E-state index in [4.69, 9.17) is 5.73 Å². The quantitative estimate of drug-likeness (QED) is 0.773. The molecule has 1 aromatic carbocycles. The Morgan fingerprint density at radius 2 is 2.29 bits per heavy atom. The Hall–Kier alpha value is -1.62. The van der Waals surface area contributed by atoms with Gasteiger partial charge in [0.25, 0.3) is 5.91 Å². The first kappa shape index (κ1) is 10.5. The van der Waals surface area contributed by atoms with Gasteiger partial charge in [-0.2, -0.15) is 0 Å². The molecule has 2 heterocycles. The number of hydrogen-bond acceptors (Lipinski definition) is 4. The molecule has 0 unspecified atom stereocenters. The van der Waals surface area contributed by atoms with Gasteiger partial charge in [0, 0.05) is 19.2 Å². The van der Waals surface area contributed by atoms with Crippen molar-refractivity contribution in [3.05, 3.63) is 23.3 Å². The molecule has 0 bridgehead atoms. The molecular formula is C12H13N3OS. The van der Waals surface area contributed by atoms with E-state index in [1.165, 1.54) is 11.3 Å². The number of thiazole rings is 1. The van der Waals surface area contributed by atoms with E-state index in [2.05, 4.69) is 4.98 Å². The topological polar surface area (TPSA) is 59.2 Å². The molecule has 1 amide bonds. The fourth-order valence-corrected chi connectivity index (χ4v) is 3.01. The lowest BCUT2D eigenvalue weighted by Crippen LogP contribution is -2.26. The van der Waals surface area contributed by atoms with Crippen LogP contribution in [0.4, 0.5) is 5.13 Å². The van der Waals surface area contributed by atoms with Crippen LogP contribution >= 0.6 is 11.3 Å². The first-order valence-corrected chi connectivity index (χ1v) is 6.41. The molecule has 1 aliphatic rings. The van der Waals surface area contributed by atoms with E-state index in [0.29, 0.717) is 5.13 Å². The monoisotopic (exact) mass is 247 g/mol. The number of nitrogen functional groups attached to an aromatic ring is 1. The number of hydrogen-bond donors (Lipinski definition) is 1. The van der Waals surface area contributed by atoms with Gasteiger partial charge in [-0.05, 0) is 30.5 Å². The van der Waals surface area contributed by atoms with Gasteiger partial charge in [-0.15, -0.1) is 0 Å². The second-order valence-corrected chi connectivity index (χ2v) is 5.42. The predicted octanol–water partition coefficient (Wildman–Crippen LogP) is 1.90. The van der Waals surface area contributed by atoms with E-state index in [9.17, 15) is 4.79 Å². The van der Waals surface area contributed by atoms with Crippen LogP contribution in [0, 0.1) is 0 Å². The standard InChI is InChI=1S/C12H13N3OS/c1-15-4-2-3-7-5-9-10(17-12(13)14-9)6-8(7)11(15)16/h5-6H,2-4H2,1H3,(H2,13,14). The van der Waals surface area contributed by atoms with E-state index in [-0.39, 0.29) is 5.91 Å². The highest BCUT2D eigenvalue weighted by Crippen LogP contribution is 2.29. The van der Waals surface area contributed by atoms with Crippen molar-refractivity contribution in [2.24, 2.45) is 0 Å². The van der Waals surface area contributed by atoms with Crippen LogP contribution in [0.2, 0.25) is 0 Å². The molecular weight excluding hydrogens is 234 g/mol. The molecule has 0 aliphatic carbocycles. The molecule has 1 aromatic heterocycles. The average Bonchev–Trinajstić information content (AvgIpc) is 2.59. The normalized spacial score (nSPS) is 16.1. The summed E-state index contributed by atoms with van der Waals surface area (Å²) in [6, 6.07) is 3.94. The summed E-state index contributed by atoms with van der Waals surface area (Å²) in [4.78, 5) is 18.2. The fourth-order valence-electron chi connectivity index (χ4n) is 2.25. The van der Waals surface area contributed by atoms with Gasteiger partial charge in [0.15, 0.2) is 5.13 Å². The number of aromatic nitrogens is 1. The summed E-state index contributed by atoms with van der Waals surface area (Å²) in [5.74, 6) is 0.103. The summed E-state index contributed by atoms with van der Waals surface area (Å²) in [5, 5.41) is 0.556. The Morgan fingerprint density at radius 3 is 3.12 bits per heavy atom. The number of amides is 1. The van der Waals surface area contributed by atoms with Crippen molar-refractivity contribution in [1.82, 2.24) is 9.88 Å². The first-order valence-electron chi connectivity index (χ1n) is 5.59. The van der Waals surface area contributed by atoms with E-state index in [1.54, 1.807) is 4.90 Å². The fraction of sp³-hybridized carbons (Fsp3) is 0.333. The largest absolute Gasteiger partial charge is 0.375 e. The number of nitrogens with zero attached hydrogens (tertiary/aromatic N) is 2. The molecule has 2 aromatic rings. The summed E-state index contributed by atoms with van der Waals surface area (Å²) in [7, 11) is 1.85.